The highest BCUT2D eigenvalue weighted by Gasteiger charge is 2.47. The first-order valence-corrected chi connectivity index (χ1v) is 8.33. The molecule has 2 aromatic carbocycles. The van der Waals surface area contributed by atoms with Crippen molar-refractivity contribution in [2.45, 2.75) is 12.6 Å². The third-order valence-corrected chi connectivity index (χ3v) is 4.77. The second kappa shape index (κ2) is 6.00. The van der Waals surface area contributed by atoms with Crippen LogP contribution in [0.15, 0.2) is 48.5 Å². The molecule has 24 heavy (non-hydrogen) atoms. The molecule has 124 valence electrons. The number of halogens is 1. The normalized spacial score (nSPS) is 20.6. The molecule has 2 amide bonds. The van der Waals surface area contributed by atoms with E-state index in [2.05, 4.69) is 5.01 Å². The lowest BCUT2D eigenvalue weighted by Crippen LogP contribution is -2.32. The van der Waals surface area contributed by atoms with Gasteiger partial charge in [-0.3, -0.25) is 9.91 Å². The summed E-state index contributed by atoms with van der Waals surface area (Å²) >= 11 is 6.00. The number of rotatable bonds is 3. The summed E-state index contributed by atoms with van der Waals surface area (Å²) in [5.74, 6) is 0.786. The number of benzene rings is 2. The number of hydrogen-bond acceptors (Lipinski definition) is 3. The molecule has 0 bridgehead atoms. The van der Waals surface area contributed by atoms with Crippen molar-refractivity contribution >= 4 is 23.3 Å². The van der Waals surface area contributed by atoms with Crippen LogP contribution in [0.4, 0.5) is 10.5 Å². The maximum absolute atomic E-state index is 13.0. The summed E-state index contributed by atoms with van der Waals surface area (Å²) in [5.41, 5.74) is 1.87. The highest BCUT2D eigenvalue weighted by molar-refractivity contribution is 6.30. The molecule has 2 aromatic rings. The molecular formula is C18H18ClN3O2. The molecule has 2 aliphatic rings. The molecule has 0 N–H and O–H groups in total. The van der Waals surface area contributed by atoms with Gasteiger partial charge in [-0.1, -0.05) is 23.7 Å². The number of carbonyl (C=O) groups excluding carboxylic acids is 1. The average molecular weight is 344 g/mol. The van der Waals surface area contributed by atoms with Gasteiger partial charge >= 0.3 is 6.03 Å². The molecule has 4 rings (SSSR count). The molecule has 0 aliphatic carbocycles. The molecule has 1 atom stereocenters. The van der Waals surface area contributed by atoms with Crippen LogP contribution in [0.5, 0.6) is 5.75 Å². The van der Waals surface area contributed by atoms with Gasteiger partial charge < -0.3 is 4.74 Å². The molecule has 2 aliphatic heterocycles. The van der Waals surface area contributed by atoms with E-state index in [0.717, 1.165) is 36.5 Å². The summed E-state index contributed by atoms with van der Waals surface area (Å²) in [6, 6.07) is 15.3. The van der Waals surface area contributed by atoms with Crippen LogP contribution in [0.1, 0.15) is 18.2 Å². The highest BCUT2D eigenvalue weighted by atomic mass is 35.5. The van der Waals surface area contributed by atoms with E-state index in [1.807, 2.05) is 58.4 Å². The second-order valence-electron chi connectivity index (χ2n) is 5.92. The Kier molecular flexibility index (Phi) is 3.82. The maximum atomic E-state index is 13.0. The third kappa shape index (κ3) is 2.41. The number of fused-ring (bicyclic) bond motifs is 1. The van der Waals surface area contributed by atoms with Gasteiger partial charge in [0.25, 0.3) is 0 Å². The largest absolute Gasteiger partial charge is 0.497 e. The number of hydrogen-bond donors (Lipinski definition) is 0. The number of urea groups is 1. The van der Waals surface area contributed by atoms with Crippen molar-refractivity contribution < 1.29 is 9.53 Å². The molecule has 0 aromatic heterocycles. The van der Waals surface area contributed by atoms with E-state index in [1.165, 1.54) is 0 Å². The van der Waals surface area contributed by atoms with E-state index in [0.29, 0.717) is 5.02 Å². The Morgan fingerprint density at radius 2 is 1.92 bits per heavy atom. The number of hydrazine groups is 1. The minimum Gasteiger partial charge on any atom is -0.497 e. The smallest absolute Gasteiger partial charge is 0.340 e. The van der Waals surface area contributed by atoms with Gasteiger partial charge in [-0.2, -0.15) is 5.01 Å². The molecule has 0 radical (unpaired) electrons. The first-order valence-electron chi connectivity index (χ1n) is 7.96. The van der Waals surface area contributed by atoms with Crippen LogP contribution in [-0.4, -0.2) is 36.2 Å². The molecule has 0 saturated carbocycles. The summed E-state index contributed by atoms with van der Waals surface area (Å²) in [4.78, 5) is 14.8. The van der Waals surface area contributed by atoms with Gasteiger partial charge in [-0.25, -0.2) is 4.79 Å². The lowest BCUT2D eigenvalue weighted by atomic mass is 10.1. The molecule has 1 unspecified atom stereocenters. The van der Waals surface area contributed by atoms with Gasteiger partial charge in [0.2, 0.25) is 0 Å². The predicted octanol–water partition coefficient (Wildman–Crippen LogP) is 3.91. The summed E-state index contributed by atoms with van der Waals surface area (Å²) in [6.45, 7) is 1.61. The van der Waals surface area contributed by atoms with Gasteiger partial charge in [-0.15, -0.1) is 0 Å². The lowest BCUT2D eigenvalue weighted by Gasteiger charge is -2.28. The van der Waals surface area contributed by atoms with Gasteiger partial charge in [0.15, 0.2) is 0 Å². The fourth-order valence-electron chi connectivity index (χ4n) is 3.43. The van der Waals surface area contributed by atoms with Crippen molar-refractivity contribution in [2.24, 2.45) is 0 Å². The Morgan fingerprint density at radius 3 is 2.67 bits per heavy atom. The highest BCUT2D eigenvalue weighted by Crippen LogP contribution is 2.41. The number of ether oxygens (including phenoxy) is 1. The van der Waals surface area contributed by atoms with Gasteiger partial charge in [0.05, 0.1) is 7.11 Å². The Hall–Kier alpha value is -2.24. The Morgan fingerprint density at radius 1 is 1.12 bits per heavy atom. The molecule has 0 spiro atoms. The standard InChI is InChI=1S/C18H18ClN3O2/c1-24-16-5-2-4-13(12-16)17-20-10-3-11-21(20)18(23)22(17)15-8-6-14(19)7-9-15/h2,4-9,12,17H,3,10-11H2,1H3. The van der Waals surface area contributed by atoms with Crippen LogP contribution < -0.4 is 9.64 Å². The van der Waals surface area contributed by atoms with Crippen LogP contribution in [0.25, 0.3) is 0 Å². The SMILES string of the molecule is COc1cccc(C2N(c3ccc(Cl)cc3)C(=O)N3CCCN23)c1. The number of anilines is 1. The van der Waals surface area contributed by atoms with Crippen LogP contribution in [0.3, 0.4) is 0 Å². The molecule has 6 heteroatoms. The van der Waals surface area contributed by atoms with Crippen molar-refractivity contribution in [3.05, 3.63) is 59.1 Å². The van der Waals surface area contributed by atoms with Crippen LogP contribution >= 0.6 is 11.6 Å². The molecule has 5 nitrogen and oxygen atoms in total. The number of methoxy groups -OCH3 is 1. The van der Waals surface area contributed by atoms with Gasteiger partial charge in [0.1, 0.15) is 11.9 Å². The quantitative estimate of drug-likeness (QED) is 0.847. The van der Waals surface area contributed by atoms with Gasteiger partial charge in [-0.05, 0) is 48.4 Å². The van der Waals surface area contributed by atoms with E-state index < -0.39 is 0 Å². The van der Waals surface area contributed by atoms with E-state index in [1.54, 1.807) is 7.11 Å². The van der Waals surface area contributed by atoms with E-state index in [4.69, 9.17) is 16.3 Å². The minimum atomic E-state index is -0.170. The number of carbonyl (C=O) groups is 1. The first-order chi connectivity index (χ1) is 11.7. The number of nitrogens with zero attached hydrogens (tertiary/aromatic N) is 3. The molecule has 2 saturated heterocycles. The van der Waals surface area contributed by atoms with Crippen molar-refractivity contribution in [3.63, 3.8) is 0 Å². The third-order valence-electron chi connectivity index (χ3n) is 4.52. The summed E-state index contributed by atoms with van der Waals surface area (Å²) in [5, 5.41) is 4.62. The van der Waals surface area contributed by atoms with Crippen LogP contribution in [0, 0.1) is 0 Å². The summed E-state index contributed by atoms with van der Waals surface area (Å²) in [6.07, 6.45) is 0.817. The zero-order chi connectivity index (χ0) is 16.7. The lowest BCUT2D eigenvalue weighted by molar-refractivity contribution is 0.0727. The average Bonchev–Trinajstić information content (AvgIpc) is 3.18. The fraction of sp³-hybridized carbons (Fsp3) is 0.278. The monoisotopic (exact) mass is 343 g/mol. The Labute approximate surface area is 145 Å². The van der Waals surface area contributed by atoms with Crippen molar-refractivity contribution in [1.29, 1.82) is 0 Å². The summed E-state index contributed by atoms with van der Waals surface area (Å²) in [7, 11) is 1.65. The summed E-state index contributed by atoms with van der Waals surface area (Å²) < 4.78 is 5.36. The fourth-order valence-corrected chi connectivity index (χ4v) is 3.56. The van der Waals surface area contributed by atoms with Crippen molar-refractivity contribution in [1.82, 2.24) is 10.0 Å². The van der Waals surface area contributed by atoms with Crippen molar-refractivity contribution in [2.75, 3.05) is 25.1 Å². The minimum absolute atomic E-state index is 0.00245. The van der Waals surface area contributed by atoms with E-state index in [9.17, 15) is 4.79 Å². The van der Waals surface area contributed by atoms with E-state index >= 15 is 0 Å². The Bertz CT molecular complexity index is 765. The van der Waals surface area contributed by atoms with E-state index in [-0.39, 0.29) is 12.2 Å². The predicted molar refractivity (Wildman–Crippen MR) is 93.1 cm³/mol. The molecule has 2 heterocycles. The first kappa shape index (κ1) is 15.3. The maximum Gasteiger partial charge on any atom is 0.340 e. The molecular weight excluding hydrogens is 326 g/mol. The van der Waals surface area contributed by atoms with Crippen LogP contribution in [0.2, 0.25) is 5.02 Å². The van der Waals surface area contributed by atoms with Gasteiger partial charge in [0, 0.05) is 23.8 Å². The molecule has 2 fully saturated rings. The van der Waals surface area contributed by atoms with Crippen molar-refractivity contribution in [3.8, 4) is 5.75 Å². The van der Waals surface area contributed by atoms with Crippen LogP contribution in [-0.2, 0) is 0 Å². The Balaban J connectivity index is 1.80. The number of amides is 2. The second-order valence-corrected chi connectivity index (χ2v) is 6.36. The zero-order valence-electron chi connectivity index (χ0n) is 13.4. The zero-order valence-corrected chi connectivity index (χ0v) is 14.1. The topological polar surface area (TPSA) is 36.0 Å².